The van der Waals surface area contributed by atoms with Crippen LogP contribution in [0.5, 0.6) is 0 Å². The summed E-state index contributed by atoms with van der Waals surface area (Å²) in [5.74, 6) is 0.962. The second-order valence-electron chi connectivity index (χ2n) is 3.74. The number of hydrogen-bond donors (Lipinski definition) is 1. The van der Waals surface area contributed by atoms with E-state index in [0.29, 0.717) is 0 Å². The zero-order valence-corrected chi connectivity index (χ0v) is 11.1. The second kappa shape index (κ2) is 7.07. The molecule has 0 saturated carbocycles. The lowest BCUT2D eigenvalue weighted by atomic mass is 10.2. The lowest BCUT2D eigenvalue weighted by molar-refractivity contribution is 0.530. The van der Waals surface area contributed by atoms with Crippen molar-refractivity contribution in [2.75, 3.05) is 19.3 Å². The van der Waals surface area contributed by atoms with Crippen LogP contribution >= 0.6 is 11.8 Å². The molecule has 0 saturated heterocycles. The fourth-order valence-electron chi connectivity index (χ4n) is 1.47. The molecule has 0 bridgehead atoms. The van der Waals surface area contributed by atoms with Gasteiger partial charge in [0.2, 0.25) is 5.16 Å². The number of aryl methyl sites for hydroxylation is 1. The number of tetrazole rings is 1. The number of nitrogens with one attached hydrogen (secondary N) is 1. The van der Waals surface area contributed by atoms with Crippen molar-refractivity contribution in [1.29, 1.82) is 0 Å². The van der Waals surface area contributed by atoms with E-state index in [4.69, 9.17) is 0 Å². The first kappa shape index (κ1) is 13.0. The summed E-state index contributed by atoms with van der Waals surface area (Å²) in [6.45, 7) is 1.66. The van der Waals surface area contributed by atoms with Gasteiger partial charge in [0.1, 0.15) is 0 Å². The van der Waals surface area contributed by atoms with E-state index in [-0.39, 0.29) is 0 Å². The van der Waals surface area contributed by atoms with Crippen LogP contribution in [0.2, 0.25) is 0 Å². The average Bonchev–Trinajstić information content (AvgIpc) is 2.85. The lowest BCUT2D eigenvalue weighted by Crippen LogP contribution is -2.16. The van der Waals surface area contributed by atoms with Gasteiger partial charge in [0.15, 0.2) is 0 Å². The molecule has 0 aliphatic carbocycles. The highest BCUT2D eigenvalue weighted by Gasteiger charge is 2.05. The summed E-state index contributed by atoms with van der Waals surface area (Å²) in [6.07, 6.45) is 4.63. The van der Waals surface area contributed by atoms with E-state index in [1.54, 1.807) is 11.8 Å². The molecule has 6 nitrogen and oxygen atoms in total. The van der Waals surface area contributed by atoms with Crippen LogP contribution in [0.25, 0.3) is 0 Å². The first-order chi connectivity index (χ1) is 8.90. The molecule has 2 rings (SSSR count). The van der Waals surface area contributed by atoms with Crippen molar-refractivity contribution in [2.45, 2.75) is 18.1 Å². The molecule has 0 aliphatic rings. The number of likely N-dealkylation sites (N-methyl/N-ethyl adjacent to an activating group) is 1. The van der Waals surface area contributed by atoms with E-state index in [9.17, 15) is 0 Å². The Bertz CT molecular complexity index is 458. The Labute approximate surface area is 110 Å². The number of hydrogen-bond acceptors (Lipinski definition) is 6. The van der Waals surface area contributed by atoms with Crippen molar-refractivity contribution in [3.8, 4) is 0 Å². The maximum absolute atomic E-state index is 4.02. The van der Waals surface area contributed by atoms with E-state index in [2.05, 4.69) is 25.8 Å². The molecule has 18 heavy (non-hydrogen) atoms. The van der Waals surface area contributed by atoms with Crippen molar-refractivity contribution in [3.05, 3.63) is 30.1 Å². The zero-order chi connectivity index (χ0) is 12.6. The molecule has 2 heterocycles. The predicted molar refractivity (Wildman–Crippen MR) is 70.4 cm³/mol. The second-order valence-corrected chi connectivity index (χ2v) is 4.80. The molecule has 0 amide bonds. The molecular formula is C11H16N6S. The van der Waals surface area contributed by atoms with Gasteiger partial charge >= 0.3 is 0 Å². The van der Waals surface area contributed by atoms with Gasteiger partial charge in [0.05, 0.1) is 6.54 Å². The zero-order valence-electron chi connectivity index (χ0n) is 10.3. The van der Waals surface area contributed by atoms with Crippen LogP contribution in [-0.4, -0.2) is 44.5 Å². The number of pyridine rings is 1. The maximum Gasteiger partial charge on any atom is 0.209 e. The molecule has 7 heteroatoms. The first-order valence-corrected chi connectivity index (χ1v) is 6.81. The van der Waals surface area contributed by atoms with Crippen molar-refractivity contribution >= 4 is 11.8 Å². The van der Waals surface area contributed by atoms with Gasteiger partial charge in [0, 0.05) is 24.7 Å². The van der Waals surface area contributed by atoms with Gasteiger partial charge in [-0.25, -0.2) is 4.68 Å². The van der Waals surface area contributed by atoms with Crippen molar-refractivity contribution in [1.82, 2.24) is 30.5 Å². The van der Waals surface area contributed by atoms with Gasteiger partial charge in [-0.2, -0.15) is 0 Å². The molecule has 0 unspecified atom stereocenters. The average molecular weight is 264 g/mol. The van der Waals surface area contributed by atoms with Gasteiger partial charge in [-0.05, 0) is 41.6 Å². The third-order valence-electron chi connectivity index (χ3n) is 2.44. The minimum absolute atomic E-state index is 0.793. The smallest absolute Gasteiger partial charge is 0.209 e. The SMILES string of the molecule is CNCCn1nnnc1SCCc1ccncc1. The van der Waals surface area contributed by atoms with E-state index < -0.39 is 0 Å². The monoisotopic (exact) mass is 264 g/mol. The number of thioether (sulfide) groups is 1. The Morgan fingerprint density at radius 2 is 2.17 bits per heavy atom. The Kier molecular flexibility index (Phi) is 5.10. The molecule has 0 spiro atoms. The summed E-state index contributed by atoms with van der Waals surface area (Å²) in [4.78, 5) is 4.00. The highest BCUT2D eigenvalue weighted by atomic mass is 32.2. The Morgan fingerprint density at radius 1 is 1.33 bits per heavy atom. The highest BCUT2D eigenvalue weighted by molar-refractivity contribution is 7.99. The summed E-state index contributed by atoms with van der Waals surface area (Å²) >= 11 is 1.68. The summed E-state index contributed by atoms with van der Waals surface area (Å²) in [6, 6.07) is 4.06. The third kappa shape index (κ3) is 3.78. The summed E-state index contributed by atoms with van der Waals surface area (Å²) in [5, 5.41) is 15.7. The molecule has 2 aromatic heterocycles. The molecule has 0 atom stereocenters. The fraction of sp³-hybridized carbons (Fsp3) is 0.455. The number of nitrogens with zero attached hydrogens (tertiary/aromatic N) is 5. The molecule has 0 aliphatic heterocycles. The topological polar surface area (TPSA) is 68.5 Å². The summed E-state index contributed by atoms with van der Waals surface area (Å²) in [7, 11) is 1.92. The van der Waals surface area contributed by atoms with Crippen LogP contribution in [0.3, 0.4) is 0 Å². The van der Waals surface area contributed by atoms with Crippen LogP contribution in [0.4, 0.5) is 0 Å². The van der Waals surface area contributed by atoms with Gasteiger partial charge < -0.3 is 5.32 Å². The fourth-order valence-corrected chi connectivity index (χ4v) is 2.36. The van der Waals surface area contributed by atoms with Crippen LogP contribution < -0.4 is 5.32 Å². The largest absolute Gasteiger partial charge is 0.318 e. The Hall–Kier alpha value is -1.47. The highest BCUT2D eigenvalue weighted by Crippen LogP contribution is 2.15. The van der Waals surface area contributed by atoms with Crippen molar-refractivity contribution in [3.63, 3.8) is 0 Å². The summed E-state index contributed by atoms with van der Waals surface area (Å²) < 4.78 is 1.83. The van der Waals surface area contributed by atoms with E-state index in [0.717, 1.165) is 30.4 Å². The quantitative estimate of drug-likeness (QED) is 0.740. The first-order valence-electron chi connectivity index (χ1n) is 5.82. The molecule has 0 radical (unpaired) electrons. The molecule has 96 valence electrons. The Morgan fingerprint density at radius 3 is 2.94 bits per heavy atom. The van der Waals surface area contributed by atoms with Gasteiger partial charge in [-0.15, -0.1) is 5.10 Å². The van der Waals surface area contributed by atoms with E-state index >= 15 is 0 Å². The molecule has 0 fully saturated rings. The lowest BCUT2D eigenvalue weighted by Gasteiger charge is -2.03. The predicted octanol–water partition coefficient (Wildman–Crippen LogP) is 0.622. The van der Waals surface area contributed by atoms with E-state index in [1.807, 2.05) is 36.3 Å². The van der Waals surface area contributed by atoms with Gasteiger partial charge in [0.25, 0.3) is 0 Å². The van der Waals surface area contributed by atoms with E-state index in [1.165, 1.54) is 5.56 Å². The normalized spacial score (nSPS) is 10.7. The molecule has 1 N–H and O–H groups in total. The third-order valence-corrected chi connectivity index (χ3v) is 3.40. The minimum Gasteiger partial charge on any atom is -0.318 e. The molecule has 2 aromatic rings. The van der Waals surface area contributed by atoms with Crippen LogP contribution in [-0.2, 0) is 13.0 Å². The van der Waals surface area contributed by atoms with Crippen LogP contribution in [0.15, 0.2) is 29.7 Å². The maximum atomic E-state index is 4.02. The van der Waals surface area contributed by atoms with Gasteiger partial charge in [-0.3, -0.25) is 4.98 Å². The van der Waals surface area contributed by atoms with Crippen LogP contribution in [0.1, 0.15) is 5.56 Å². The standard InChI is InChI=1S/C11H16N6S/c1-12-7-8-17-11(14-15-16-17)18-9-4-10-2-5-13-6-3-10/h2-3,5-6,12H,4,7-9H2,1H3. The molecular weight excluding hydrogens is 248 g/mol. The van der Waals surface area contributed by atoms with Gasteiger partial charge in [-0.1, -0.05) is 11.8 Å². The van der Waals surface area contributed by atoms with Crippen molar-refractivity contribution in [2.24, 2.45) is 0 Å². The number of aromatic nitrogens is 5. The van der Waals surface area contributed by atoms with Crippen LogP contribution in [0, 0.1) is 0 Å². The van der Waals surface area contributed by atoms with Crippen molar-refractivity contribution < 1.29 is 0 Å². The molecule has 0 aromatic carbocycles. The summed E-state index contributed by atoms with van der Waals surface area (Å²) in [5.41, 5.74) is 1.28. The Balaban J connectivity index is 1.81. The number of rotatable bonds is 7. The minimum atomic E-state index is 0.793.